The minimum atomic E-state index is -0.373. The Labute approximate surface area is 133 Å². The van der Waals surface area contributed by atoms with Crippen LogP contribution in [0.5, 0.6) is 0 Å². The molecule has 0 radical (unpaired) electrons. The van der Waals surface area contributed by atoms with Gasteiger partial charge in [-0.1, -0.05) is 6.07 Å². The number of hydrogen-bond acceptors (Lipinski definition) is 5. The van der Waals surface area contributed by atoms with Gasteiger partial charge in [0.15, 0.2) is 0 Å². The number of pyridine rings is 1. The topological polar surface area (TPSA) is 88.2 Å². The lowest BCUT2D eigenvalue weighted by atomic mass is 10.1. The first-order valence-electron chi connectivity index (χ1n) is 7.48. The molecule has 1 aliphatic rings. The molecule has 1 N–H and O–H groups in total. The summed E-state index contributed by atoms with van der Waals surface area (Å²) in [5.74, 6) is 0.558. The number of nitrogens with zero attached hydrogens (tertiary/aromatic N) is 3. The molecule has 1 atom stereocenters. The number of carbonyl (C=O) groups is 1. The highest BCUT2D eigenvalue weighted by molar-refractivity contribution is 5.78. The number of rotatable bonds is 3. The van der Waals surface area contributed by atoms with E-state index in [1.165, 1.54) is 6.07 Å². The third-order valence-electron chi connectivity index (χ3n) is 3.71. The maximum Gasteiger partial charge on any atom is 0.251 e. The molecular weight excluding hydrogens is 296 g/mol. The molecule has 1 unspecified atom stereocenters. The lowest BCUT2D eigenvalue weighted by Crippen LogP contribution is -2.43. The van der Waals surface area contributed by atoms with Crippen molar-refractivity contribution in [2.75, 3.05) is 19.7 Å². The summed E-state index contributed by atoms with van der Waals surface area (Å²) >= 11 is 0. The van der Waals surface area contributed by atoms with Crippen molar-refractivity contribution in [3.05, 3.63) is 58.0 Å². The summed E-state index contributed by atoms with van der Waals surface area (Å²) in [5, 5.41) is 0. The molecule has 0 saturated carbocycles. The van der Waals surface area contributed by atoms with Gasteiger partial charge in [0, 0.05) is 25.0 Å². The molecule has 0 aromatic carbocycles. The number of H-pyrrole nitrogens is 1. The second-order valence-electron chi connectivity index (χ2n) is 5.49. The third-order valence-corrected chi connectivity index (χ3v) is 3.71. The molecule has 0 aliphatic carbocycles. The Hall–Kier alpha value is -2.54. The van der Waals surface area contributed by atoms with Gasteiger partial charge in [0.05, 0.1) is 25.3 Å². The average molecular weight is 314 g/mol. The number of aromatic amines is 1. The number of hydrogen-bond donors (Lipinski definition) is 1. The standard InChI is InChI=1S/C16H18N4O3/c1-11-18-13(8-15(21)19-11)14-10-20(5-6-23-14)16(22)7-12-3-2-4-17-9-12/h2-4,8-9,14H,5-7,10H2,1H3,(H,18,19,21). The SMILES string of the molecule is Cc1nc(C2CN(C(=O)Cc3cccnc3)CCO2)cc(=O)[nH]1. The predicted molar refractivity (Wildman–Crippen MR) is 82.8 cm³/mol. The zero-order chi connectivity index (χ0) is 16.2. The molecule has 2 aromatic rings. The van der Waals surface area contributed by atoms with E-state index in [-0.39, 0.29) is 17.6 Å². The number of amides is 1. The van der Waals surface area contributed by atoms with Gasteiger partial charge in [-0.3, -0.25) is 14.6 Å². The summed E-state index contributed by atoms with van der Waals surface area (Å²) in [6.07, 6.45) is 3.31. The van der Waals surface area contributed by atoms with Crippen LogP contribution in [-0.2, 0) is 16.0 Å². The van der Waals surface area contributed by atoms with Crippen LogP contribution in [-0.4, -0.2) is 45.5 Å². The Morgan fingerprint density at radius 2 is 2.39 bits per heavy atom. The summed E-state index contributed by atoms with van der Waals surface area (Å²) in [6, 6.07) is 5.12. The molecule has 0 bridgehead atoms. The van der Waals surface area contributed by atoms with E-state index >= 15 is 0 Å². The summed E-state index contributed by atoms with van der Waals surface area (Å²) in [7, 11) is 0. The van der Waals surface area contributed by atoms with Crippen molar-refractivity contribution in [2.24, 2.45) is 0 Å². The lowest BCUT2D eigenvalue weighted by molar-refractivity contribution is -0.138. The average Bonchev–Trinajstić information content (AvgIpc) is 2.55. The van der Waals surface area contributed by atoms with Gasteiger partial charge >= 0.3 is 0 Å². The molecule has 2 aromatic heterocycles. The van der Waals surface area contributed by atoms with Gasteiger partial charge in [0.25, 0.3) is 5.56 Å². The van der Waals surface area contributed by atoms with Gasteiger partial charge < -0.3 is 14.6 Å². The molecular formula is C16H18N4O3. The van der Waals surface area contributed by atoms with Crippen molar-refractivity contribution >= 4 is 5.91 Å². The molecule has 120 valence electrons. The van der Waals surface area contributed by atoms with Crippen LogP contribution in [0.3, 0.4) is 0 Å². The molecule has 23 heavy (non-hydrogen) atoms. The highest BCUT2D eigenvalue weighted by Gasteiger charge is 2.26. The molecule has 0 spiro atoms. The summed E-state index contributed by atoms with van der Waals surface area (Å²) in [5.41, 5.74) is 1.23. The van der Waals surface area contributed by atoms with Crippen LogP contribution >= 0.6 is 0 Å². The maximum absolute atomic E-state index is 12.4. The second-order valence-corrected chi connectivity index (χ2v) is 5.49. The first-order valence-corrected chi connectivity index (χ1v) is 7.48. The molecule has 1 aliphatic heterocycles. The summed E-state index contributed by atoms with van der Waals surface area (Å²) in [6.45, 7) is 3.09. The fourth-order valence-corrected chi connectivity index (χ4v) is 2.61. The molecule has 3 rings (SSSR count). The van der Waals surface area contributed by atoms with E-state index in [4.69, 9.17) is 4.74 Å². The molecule has 7 nitrogen and oxygen atoms in total. The van der Waals surface area contributed by atoms with Crippen LogP contribution in [0, 0.1) is 6.92 Å². The van der Waals surface area contributed by atoms with Crippen molar-refractivity contribution in [1.82, 2.24) is 19.9 Å². The van der Waals surface area contributed by atoms with Crippen LogP contribution in [0.25, 0.3) is 0 Å². The summed E-state index contributed by atoms with van der Waals surface area (Å²) in [4.78, 5) is 36.7. The van der Waals surface area contributed by atoms with E-state index in [1.54, 1.807) is 24.2 Å². The molecule has 1 amide bonds. The smallest absolute Gasteiger partial charge is 0.251 e. The van der Waals surface area contributed by atoms with Gasteiger partial charge in [-0.05, 0) is 18.6 Å². The van der Waals surface area contributed by atoms with Gasteiger partial charge in [-0.2, -0.15) is 0 Å². The monoisotopic (exact) mass is 314 g/mol. The van der Waals surface area contributed by atoms with Crippen LogP contribution in [0.4, 0.5) is 0 Å². The highest BCUT2D eigenvalue weighted by Crippen LogP contribution is 2.20. The largest absolute Gasteiger partial charge is 0.368 e. The van der Waals surface area contributed by atoms with E-state index < -0.39 is 0 Å². The third kappa shape index (κ3) is 3.81. The second kappa shape index (κ2) is 6.70. The number of ether oxygens (including phenoxy) is 1. The molecule has 1 fully saturated rings. The lowest BCUT2D eigenvalue weighted by Gasteiger charge is -2.32. The Morgan fingerprint density at radius 1 is 1.52 bits per heavy atom. The Balaban J connectivity index is 1.70. The molecule has 3 heterocycles. The summed E-state index contributed by atoms with van der Waals surface area (Å²) < 4.78 is 5.68. The van der Waals surface area contributed by atoms with Crippen molar-refractivity contribution in [2.45, 2.75) is 19.4 Å². The first kappa shape index (κ1) is 15.4. The van der Waals surface area contributed by atoms with Crippen molar-refractivity contribution < 1.29 is 9.53 Å². The minimum absolute atomic E-state index is 0.0212. The predicted octanol–water partition coefficient (Wildman–Crippen LogP) is 0.616. The molecule has 7 heteroatoms. The van der Waals surface area contributed by atoms with Crippen molar-refractivity contribution in [3.8, 4) is 0 Å². The van der Waals surface area contributed by atoms with E-state index in [2.05, 4.69) is 15.0 Å². The van der Waals surface area contributed by atoms with E-state index in [0.29, 0.717) is 37.6 Å². The Bertz CT molecular complexity index is 744. The quantitative estimate of drug-likeness (QED) is 0.897. The van der Waals surface area contributed by atoms with E-state index in [0.717, 1.165) is 5.56 Å². The van der Waals surface area contributed by atoms with Crippen molar-refractivity contribution in [1.29, 1.82) is 0 Å². The number of morpholine rings is 1. The number of aryl methyl sites for hydroxylation is 1. The van der Waals surface area contributed by atoms with E-state index in [9.17, 15) is 9.59 Å². The first-order chi connectivity index (χ1) is 11.1. The van der Waals surface area contributed by atoms with Crippen LogP contribution in [0.1, 0.15) is 23.2 Å². The number of nitrogens with one attached hydrogen (secondary N) is 1. The minimum Gasteiger partial charge on any atom is -0.368 e. The van der Waals surface area contributed by atoms with Crippen molar-refractivity contribution in [3.63, 3.8) is 0 Å². The number of carbonyl (C=O) groups excluding carboxylic acids is 1. The van der Waals surface area contributed by atoms with Gasteiger partial charge in [-0.15, -0.1) is 0 Å². The van der Waals surface area contributed by atoms with Crippen LogP contribution < -0.4 is 5.56 Å². The highest BCUT2D eigenvalue weighted by atomic mass is 16.5. The van der Waals surface area contributed by atoms with Crippen LogP contribution in [0.2, 0.25) is 0 Å². The zero-order valence-electron chi connectivity index (χ0n) is 12.9. The fraction of sp³-hybridized carbons (Fsp3) is 0.375. The van der Waals surface area contributed by atoms with Gasteiger partial charge in [0.2, 0.25) is 5.91 Å². The fourth-order valence-electron chi connectivity index (χ4n) is 2.61. The molecule has 1 saturated heterocycles. The normalized spacial score (nSPS) is 18.0. The maximum atomic E-state index is 12.4. The van der Waals surface area contributed by atoms with Crippen LogP contribution in [0.15, 0.2) is 35.4 Å². The zero-order valence-corrected chi connectivity index (χ0v) is 12.9. The number of aromatic nitrogens is 3. The van der Waals surface area contributed by atoms with E-state index in [1.807, 2.05) is 12.1 Å². The van der Waals surface area contributed by atoms with Gasteiger partial charge in [0.1, 0.15) is 11.9 Å². The Kier molecular flexibility index (Phi) is 4.47. The van der Waals surface area contributed by atoms with Gasteiger partial charge in [-0.25, -0.2) is 4.98 Å². The Morgan fingerprint density at radius 3 is 3.13 bits per heavy atom.